The van der Waals surface area contributed by atoms with E-state index in [1.807, 2.05) is 0 Å². The monoisotopic (exact) mass is 285 g/mol. The van der Waals surface area contributed by atoms with Crippen molar-refractivity contribution in [3.05, 3.63) is 12.0 Å². The average Bonchev–Trinajstić information content (AvgIpc) is 2.96. The molecule has 3 rings (SSSR count). The van der Waals surface area contributed by atoms with Crippen LogP contribution in [0, 0.1) is 0 Å². The van der Waals surface area contributed by atoms with Gasteiger partial charge in [-0.25, -0.2) is 4.98 Å². The predicted molar refractivity (Wildman–Crippen MR) is 64.4 cm³/mol. The van der Waals surface area contributed by atoms with E-state index in [0.717, 1.165) is 0 Å². The zero-order valence-electron chi connectivity index (χ0n) is 10.3. The number of hydrogen-bond acceptors (Lipinski definition) is 8. The molecule has 10 heteroatoms. The normalized spacial score (nSPS) is 40.1. The number of carbonyl (C=O) groups is 1. The fraction of sp³-hybridized carbons (Fsp3) is 0.600. The summed E-state index contributed by atoms with van der Waals surface area (Å²) in [6, 6.07) is 0. The molecule has 1 aromatic heterocycles. The first-order chi connectivity index (χ1) is 9.46. The number of aliphatic hydroxyl groups excluding tert-OH is 3. The van der Waals surface area contributed by atoms with Gasteiger partial charge in [0, 0.05) is 0 Å². The van der Waals surface area contributed by atoms with E-state index in [-0.39, 0.29) is 11.5 Å². The molecule has 1 amide bonds. The van der Waals surface area contributed by atoms with Crippen LogP contribution in [0.25, 0.3) is 0 Å². The Balaban J connectivity index is 1.89. The molecule has 1 saturated heterocycles. The number of rotatable bonds is 2. The number of aromatic amines is 1. The smallest absolute Gasteiger partial charge is 0.274 e. The number of nitrogens with zero attached hydrogens (tertiary/aromatic N) is 1. The predicted octanol–water partition coefficient (Wildman–Crippen LogP) is -3.34. The highest BCUT2D eigenvalue weighted by Gasteiger charge is 2.54. The number of aliphatic hydroxyl groups is 3. The van der Waals surface area contributed by atoms with Crippen molar-refractivity contribution in [2.75, 3.05) is 11.9 Å². The Bertz CT molecular complexity index is 536. The van der Waals surface area contributed by atoms with Crippen LogP contribution in [0.3, 0.4) is 0 Å². The number of hydrogen-bond donors (Lipinski definition) is 7. The zero-order chi connectivity index (χ0) is 14.5. The Morgan fingerprint density at radius 3 is 2.80 bits per heavy atom. The van der Waals surface area contributed by atoms with Crippen LogP contribution in [0.15, 0.2) is 6.33 Å². The molecule has 2 aliphatic heterocycles. The van der Waals surface area contributed by atoms with Crippen LogP contribution in [0.4, 0.5) is 5.82 Å². The van der Waals surface area contributed by atoms with Crippen molar-refractivity contribution in [1.82, 2.24) is 15.3 Å². The Morgan fingerprint density at radius 2 is 2.15 bits per heavy atom. The van der Waals surface area contributed by atoms with Gasteiger partial charge in [-0.05, 0) is 0 Å². The number of ether oxygens (including phenoxy) is 1. The number of fused-ring (bicyclic) bond motifs is 1. The van der Waals surface area contributed by atoms with Crippen molar-refractivity contribution in [3.8, 4) is 0 Å². The first kappa shape index (κ1) is 13.3. The number of carbonyl (C=O) groups excluding carboxylic acids is 1. The molecule has 0 aliphatic carbocycles. The number of imidazole rings is 1. The van der Waals surface area contributed by atoms with Gasteiger partial charge in [-0.15, -0.1) is 0 Å². The number of H-pyrrole nitrogens is 1. The molecular weight excluding hydrogens is 270 g/mol. The van der Waals surface area contributed by atoms with Crippen LogP contribution >= 0.6 is 0 Å². The summed E-state index contributed by atoms with van der Waals surface area (Å²) in [7, 11) is 0. The van der Waals surface area contributed by atoms with E-state index in [1.165, 1.54) is 6.33 Å². The molecule has 0 aromatic carbocycles. The molecule has 5 atom stereocenters. The van der Waals surface area contributed by atoms with E-state index in [0.29, 0.717) is 0 Å². The minimum absolute atomic E-state index is 0.206. The van der Waals surface area contributed by atoms with Crippen LogP contribution in [-0.2, 0) is 4.74 Å². The number of nitrogens with two attached hydrogens (primary N) is 1. The number of nitrogens with one attached hydrogen (secondary N) is 3. The van der Waals surface area contributed by atoms with Gasteiger partial charge < -0.3 is 35.7 Å². The fourth-order valence-electron chi connectivity index (χ4n) is 2.46. The molecule has 110 valence electrons. The third kappa shape index (κ3) is 1.77. The van der Waals surface area contributed by atoms with Crippen molar-refractivity contribution in [3.63, 3.8) is 0 Å². The van der Waals surface area contributed by atoms with Gasteiger partial charge in [0.25, 0.3) is 5.91 Å². The van der Waals surface area contributed by atoms with Gasteiger partial charge in [0.15, 0.2) is 11.6 Å². The number of amides is 1. The summed E-state index contributed by atoms with van der Waals surface area (Å²) in [5.74, 6) is -1.95. The van der Waals surface area contributed by atoms with Crippen LogP contribution in [0.5, 0.6) is 0 Å². The Morgan fingerprint density at radius 1 is 1.40 bits per heavy atom. The molecule has 0 radical (unpaired) electrons. The van der Waals surface area contributed by atoms with E-state index in [2.05, 4.69) is 20.6 Å². The van der Waals surface area contributed by atoms with Gasteiger partial charge >= 0.3 is 0 Å². The van der Waals surface area contributed by atoms with Crippen molar-refractivity contribution >= 4 is 11.7 Å². The Hall–Kier alpha value is -1.72. The van der Waals surface area contributed by atoms with E-state index in [1.54, 1.807) is 0 Å². The summed E-state index contributed by atoms with van der Waals surface area (Å²) in [6.07, 6.45) is -3.48. The topological polar surface area (TPSA) is 166 Å². The van der Waals surface area contributed by atoms with Crippen molar-refractivity contribution in [2.45, 2.75) is 30.2 Å². The van der Waals surface area contributed by atoms with E-state index >= 15 is 0 Å². The van der Waals surface area contributed by atoms with Gasteiger partial charge in [0.05, 0.1) is 12.9 Å². The summed E-state index contributed by atoms with van der Waals surface area (Å²) in [5.41, 5.74) is 6.23. The third-order valence-corrected chi connectivity index (χ3v) is 3.50. The SMILES string of the molecule is NC1([C@@H]2O[C@H](CO)[C@@H](O)[C@@H]2O)NC(=O)c2[nH]cnc2N1. The zero-order valence-corrected chi connectivity index (χ0v) is 10.3. The van der Waals surface area contributed by atoms with E-state index in [9.17, 15) is 15.0 Å². The van der Waals surface area contributed by atoms with Gasteiger partial charge in [-0.3, -0.25) is 10.5 Å². The van der Waals surface area contributed by atoms with Gasteiger partial charge in [0.1, 0.15) is 30.1 Å². The highest BCUT2D eigenvalue weighted by atomic mass is 16.6. The lowest BCUT2D eigenvalue weighted by Gasteiger charge is -2.40. The summed E-state index contributed by atoms with van der Waals surface area (Å²) in [6.45, 7) is -0.480. The average molecular weight is 285 g/mol. The minimum Gasteiger partial charge on any atom is -0.394 e. The molecule has 0 spiro atoms. The number of anilines is 1. The lowest BCUT2D eigenvalue weighted by atomic mass is 10.0. The standard InChI is InChI=1S/C10H15N5O5/c11-10(7-6(18)5(17)3(1-16)20-7)14-8-4(9(19)15-10)12-2-13-8/h2-3,5-7,14,16-18H,1,11H2,(H,12,13)(H,15,19)/t3-,5-,6+,7-,10?/m1/s1. The second kappa shape index (κ2) is 4.40. The third-order valence-electron chi connectivity index (χ3n) is 3.50. The van der Waals surface area contributed by atoms with Crippen LogP contribution < -0.4 is 16.4 Å². The van der Waals surface area contributed by atoms with Gasteiger partial charge in [-0.1, -0.05) is 0 Å². The Labute approximate surface area is 113 Å². The minimum atomic E-state index is -1.65. The molecular formula is C10H15N5O5. The lowest BCUT2D eigenvalue weighted by Crippen LogP contribution is -2.72. The maximum Gasteiger partial charge on any atom is 0.274 e. The van der Waals surface area contributed by atoms with Crippen molar-refractivity contribution in [1.29, 1.82) is 0 Å². The fourth-order valence-corrected chi connectivity index (χ4v) is 2.46. The van der Waals surface area contributed by atoms with E-state index < -0.39 is 42.7 Å². The molecule has 1 aromatic rings. The molecule has 3 heterocycles. The highest BCUT2D eigenvalue weighted by Crippen LogP contribution is 2.30. The quantitative estimate of drug-likeness (QED) is 0.296. The number of aromatic nitrogens is 2. The van der Waals surface area contributed by atoms with Crippen molar-refractivity contribution in [2.24, 2.45) is 5.73 Å². The van der Waals surface area contributed by atoms with Crippen LogP contribution in [0.2, 0.25) is 0 Å². The van der Waals surface area contributed by atoms with E-state index in [4.69, 9.17) is 15.6 Å². The lowest BCUT2D eigenvalue weighted by molar-refractivity contribution is -0.0520. The summed E-state index contributed by atoms with van der Waals surface area (Å²) in [4.78, 5) is 18.4. The maximum atomic E-state index is 11.9. The molecule has 1 fully saturated rings. The molecule has 8 N–H and O–H groups in total. The largest absolute Gasteiger partial charge is 0.394 e. The molecule has 20 heavy (non-hydrogen) atoms. The summed E-state index contributed by atoms with van der Waals surface area (Å²) >= 11 is 0. The van der Waals surface area contributed by atoms with Crippen LogP contribution in [0.1, 0.15) is 10.5 Å². The summed E-state index contributed by atoms with van der Waals surface area (Å²) in [5, 5.41) is 34.0. The molecule has 2 aliphatic rings. The van der Waals surface area contributed by atoms with Gasteiger partial charge in [-0.2, -0.15) is 0 Å². The summed E-state index contributed by atoms with van der Waals surface area (Å²) < 4.78 is 5.33. The highest BCUT2D eigenvalue weighted by molar-refractivity contribution is 5.99. The molecule has 10 nitrogen and oxygen atoms in total. The van der Waals surface area contributed by atoms with Crippen molar-refractivity contribution < 1.29 is 24.9 Å². The van der Waals surface area contributed by atoms with Gasteiger partial charge in [0.2, 0.25) is 0 Å². The second-order valence-electron chi connectivity index (χ2n) is 4.83. The molecule has 1 unspecified atom stereocenters. The maximum absolute atomic E-state index is 11.9. The molecule has 0 saturated carbocycles. The first-order valence-corrected chi connectivity index (χ1v) is 6.01. The molecule has 0 bridgehead atoms. The first-order valence-electron chi connectivity index (χ1n) is 6.01. The Kier molecular flexibility index (Phi) is 2.92. The van der Waals surface area contributed by atoms with Crippen LogP contribution in [-0.4, -0.2) is 68.0 Å². The second-order valence-corrected chi connectivity index (χ2v) is 4.83.